The molecule has 0 aromatic heterocycles. The van der Waals surface area contributed by atoms with Gasteiger partial charge >= 0.3 is 0 Å². The van der Waals surface area contributed by atoms with Gasteiger partial charge in [0.15, 0.2) is 5.75 Å². The van der Waals surface area contributed by atoms with Crippen LogP contribution in [0.2, 0.25) is 0 Å². The van der Waals surface area contributed by atoms with Crippen LogP contribution in [0.15, 0.2) is 53.5 Å². The van der Waals surface area contributed by atoms with Crippen molar-refractivity contribution in [1.82, 2.24) is 9.80 Å². The highest BCUT2D eigenvalue weighted by Crippen LogP contribution is 2.37. The fourth-order valence-corrected chi connectivity index (χ4v) is 3.72. The van der Waals surface area contributed by atoms with Crippen LogP contribution in [0, 0.1) is 5.41 Å². The van der Waals surface area contributed by atoms with Crippen molar-refractivity contribution in [2.45, 2.75) is 27.2 Å². The van der Waals surface area contributed by atoms with E-state index in [1.54, 1.807) is 0 Å². The van der Waals surface area contributed by atoms with Crippen LogP contribution in [0.4, 0.5) is 5.69 Å². The normalized spacial score (nSPS) is 16.9. The second-order valence-corrected chi connectivity index (χ2v) is 8.38. The molecule has 5 heteroatoms. The van der Waals surface area contributed by atoms with Gasteiger partial charge in [-0.25, -0.2) is 4.99 Å². The standard InChI is InChI=1S/C23H27N3O2/c1-23(2,3)22(27)26-14-8-13-25(15-16-26)21-17-9-4-6-11-19(17)28-20-12-7-5-10-18(20)24-21/h4-7,9-12H,8,13-16H2,1-3H3. The van der Waals surface area contributed by atoms with Crippen LogP contribution in [0.3, 0.4) is 0 Å². The number of para-hydroxylation sites is 3. The van der Waals surface area contributed by atoms with Crippen molar-refractivity contribution >= 4 is 17.4 Å². The molecule has 5 nitrogen and oxygen atoms in total. The Morgan fingerprint density at radius 3 is 2.43 bits per heavy atom. The van der Waals surface area contributed by atoms with Crippen molar-refractivity contribution in [3.05, 3.63) is 54.1 Å². The van der Waals surface area contributed by atoms with Gasteiger partial charge in [-0.3, -0.25) is 4.79 Å². The van der Waals surface area contributed by atoms with Crippen LogP contribution in [0.25, 0.3) is 0 Å². The van der Waals surface area contributed by atoms with Crippen molar-refractivity contribution in [3.63, 3.8) is 0 Å². The lowest BCUT2D eigenvalue weighted by molar-refractivity contribution is -0.139. The molecule has 0 radical (unpaired) electrons. The highest BCUT2D eigenvalue weighted by atomic mass is 16.5. The number of hydrogen-bond donors (Lipinski definition) is 0. The molecule has 28 heavy (non-hydrogen) atoms. The average Bonchev–Trinajstić information content (AvgIpc) is 3.01. The second kappa shape index (κ2) is 7.30. The molecule has 2 aromatic rings. The van der Waals surface area contributed by atoms with E-state index in [0.29, 0.717) is 6.54 Å². The second-order valence-electron chi connectivity index (χ2n) is 8.38. The molecule has 0 atom stereocenters. The van der Waals surface area contributed by atoms with Gasteiger partial charge in [-0.1, -0.05) is 45.0 Å². The minimum Gasteiger partial charge on any atom is -0.454 e. The lowest BCUT2D eigenvalue weighted by Crippen LogP contribution is -2.42. The number of fused-ring (bicyclic) bond motifs is 2. The number of nitrogens with zero attached hydrogens (tertiary/aromatic N) is 3. The van der Waals surface area contributed by atoms with Gasteiger partial charge in [0.1, 0.15) is 17.3 Å². The first-order valence-electron chi connectivity index (χ1n) is 9.93. The molecule has 146 valence electrons. The minimum atomic E-state index is -0.353. The van der Waals surface area contributed by atoms with Gasteiger partial charge in [0, 0.05) is 31.6 Å². The fourth-order valence-electron chi connectivity index (χ4n) is 3.72. The van der Waals surface area contributed by atoms with Crippen molar-refractivity contribution in [3.8, 4) is 11.5 Å². The number of ether oxygens (including phenoxy) is 1. The first kappa shape index (κ1) is 18.5. The Labute approximate surface area is 166 Å². The van der Waals surface area contributed by atoms with Gasteiger partial charge in [0.25, 0.3) is 0 Å². The smallest absolute Gasteiger partial charge is 0.228 e. The maximum absolute atomic E-state index is 12.7. The molecular formula is C23H27N3O2. The highest BCUT2D eigenvalue weighted by molar-refractivity contribution is 6.03. The van der Waals surface area contributed by atoms with Crippen molar-refractivity contribution in [2.24, 2.45) is 10.4 Å². The van der Waals surface area contributed by atoms with Gasteiger partial charge in [-0.15, -0.1) is 0 Å². The summed E-state index contributed by atoms with van der Waals surface area (Å²) in [5.41, 5.74) is 1.48. The number of amides is 1. The average molecular weight is 377 g/mol. The Bertz CT molecular complexity index is 914. The van der Waals surface area contributed by atoms with Crippen LogP contribution in [-0.2, 0) is 4.79 Å². The highest BCUT2D eigenvalue weighted by Gasteiger charge is 2.30. The van der Waals surface area contributed by atoms with Crippen molar-refractivity contribution < 1.29 is 9.53 Å². The van der Waals surface area contributed by atoms with E-state index in [1.165, 1.54) is 0 Å². The molecule has 4 rings (SSSR count). The predicted molar refractivity (Wildman–Crippen MR) is 111 cm³/mol. The number of carbonyl (C=O) groups excluding carboxylic acids is 1. The SMILES string of the molecule is CC(C)(C)C(=O)N1CCCN(C2=Nc3ccccc3Oc3ccccc32)CC1. The molecule has 0 spiro atoms. The van der Waals surface area contributed by atoms with Gasteiger partial charge in [-0.05, 0) is 30.7 Å². The number of amidine groups is 1. The third kappa shape index (κ3) is 3.61. The molecule has 0 saturated carbocycles. The topological polar surface area (TPSA) is 45.1 Å². The van der Waals surface area contributed by atoms with Crippen LogP contribution < -0.4 is 4.74 Å². The van der Waals surface area contributed by atoms with Crippen molar-refractivity contribution in [1.29, 1.82) is 0 Å². The van der Waals surface area contributed by atoms with E-state index in [1.807, 2.05) is 68.1 Å². The van der Waals surface area contributed by atoms with E-state index in [9.17, 15) is 4.79 Å². The van der Waals surface area contributed by atoms with Gasteiger partial charge in [0.05, 0.1) is 5.56 Å². The molecule has 0 N–H and O–H groups in total. The van der Waals surface area contributed by atoms with Crippen LogP contribution in [0.5, 0.6) is 11.5 Å². The monoisotopic (exact) mass is 377 g/mol. The number of hydrogen-bond acceptors (Lipinski definition) is 4. The zero-order chi connectivity index (χ0) is 19.7. The molecule has 0 bridgehead atoms. The Morgan fingerprint density at radius 2 is 1.64 bits per heavy atom. The lowest BCUT2D eigenvalue weighted by atomic mass is 9.94. The minimum absolute atomic E-state index is 0.214. The zero-order valence-electron chi connectivity index (χ0n) is 16.8. The maximum Gasteiger partial charge on any atom is 0.228 e. The summed E-state index contributed by atoms with van der Waals surface area (Å²) in [6, 6.07) is 15.9. The Hall–Kier alpha value is -2.82. The van der Waals surface area contributed by atoms with E-state index < -0.39 is 0 Å². The number of benzene rings is 2. The number of rotatable bonds is 0. The molecule has 1 saturated heterocycles. The van der Waals surface area contributed by atoms with E-state index >= 15 is 0 Å². The summed E-state index contributed by atoms with van der Waals surface area (Å²) in [5, 5.41) is 0. The number of aliphatic imine (C=N–C) groups is 1. The van der Waals surface area contributed by atoms with Gasteiger partial charge < -0.3 is 14.5 Å². The fraction of sp³-hybridized carbons (Fsp3) is 0.391. The molecule has 0 aliphatic carbocycles. The summed E-state index contributed by atoms with van der Waals surface area (Å²) in [7, 11) is 0. The largest absolute Gasteiger partial charge is 0.454 e. The van der Waals surface area contributed by atoms with Gasteiger partial charge in [0.2, 0.25) is 5.91 Å². The third-order valence-corrected chi connectivity index (χ3v) is 5.16. The Balaban J connectivity index is 1.66. The first-order chi connectivity index (χ1) is 13.4. The Morgan fingerprint density at radius 1 is 0.929 bits per heavy atom. The molecule has 2 aliphatic heterocycles. The summed E-state index contributed by atoms with van der Waals surface area (Å²) >= 11 is 0. The number of carbonyl (C=O) groups is 1. The predicted octanol–water partition coefficient (Wildman–Crippen LogP) is 4.45. The van der Waals surface area contributed by atoms with E-state index in [-0.39, 0.29) is 11.3 Å². The Kier molecular flexibility index (Phi) is 4.84. The molecule has 1 fully saturated rings. The van der Waals surface area contributed by atoms with E-state index in [4.69, 9.17) is 9.73 Å². The quantitative estimate of drug-likeness (QED) is 0.681. The lowest BCUT2D eigenvalue weighted by Gasteiger charge is -2.29. The summed E-state index contributed by atoms with van der Waals surface area (Å²) in [6.07, 6.45) is 0.922. The summed E-state index contributed by atoms with van der Waals surface area (Å²) in [4.78, 5) is 22.0. The van der Waals surface area contributed by atoms with Crippen LogP contribution in [-0.4, -0.2) is 47.7 Å². The zero-order valence-corrected chi connectivity index (χ0v) is 16.8. The van der Waals surface area contributed by atoms with Crippen molar-refractivity contribution in [2.75, 3.05) is 26.2 Å². The molecule has 0 unspecified atom stereocenters. The molecule has 2 aromatic carbocycles. The molecule has 2 aliphatic rings. The van der Waals surface area contributed by atoms with Crippen LogP contribution >= 0.6 is 0 Å². The van der Waals surface area contributed by atoms with E-state index in [2.05, 4.69) is 11.0 Å². The summed E-state index contributed by atoms with van der Waals surface area (Å²) in [5.74, 6) is 2.72. The van der Waals surface area contributed by atoms with Gasteiger partial charge in [-0.2, -0.15) is 0 Å². The first-order valence-corrected chi connectivity index (χ1v) is 9.93. The summed E-state index contributed by atoms with van der Waals surface area (Å²) < 4.78 is 6.15. The summed E-state index contributed by atoms with van der Waals surface area (Å²) in [6.45, 7) is 9.07. The molecule has 1 amide bonds. The maximum atomic E-state index is 12.7. The molecule has 2 heterocycles. The third-order valence-electron chi connectivity index (χ3n) is 5.16. The van der Waals surface area contributed by atoms with Crippen LogP contribution in [0.1, 0.15) is 32.8 Å². The van der Waals surface area contributed by atoms with E-state index in [0.717, 1.165) is 54.6 Å². The molecular weight excluding hydrogens is 350 g/mol.